The number of aliphatic hydroxyl groups is 1. The zero-order chi connectivity index (χ0) is 28.3. The summed E-state index contributed by atoms with van der Waals surface area (Å²) in [6.07, 6.45) is 5.37. The minimum Gasteiger partial charge on any atom is -0.478 e. The van der Waals surface area contributed by atoms with E-state index in [0.717, 1.165) is 37.7 Å². The normalized spacial score (nSPS) is 22.1. The van der Waals surface area contributed by atoms with Gasteiger partial charge < -0.3 is 25.2 Å². The summed E-state index contributed by atoms with van der Waals surface area (Å²) < 4.78 is 5.84. The molecule has 10 heteroatoms. The molecule has 5 rings (SSSR count). The summed E-state index contributed by atoms with van der Waals surface area (Å²) in [5.41, 5.74) is 0.454. The number of hydrogen-bond donors (Lipinski definition) is 3. The van der Waals surface area contributed by atoms with E-state index in [0.29, 0.717) is 50.5 Å². The molecule has 3 N–H and O–H groups in total. The second-order valence-electron chi connectivity index (χ2n) is 11.3. The van der Waals surface area contributed by atoms with Gasteiger partial charge in [0.2, 0.25) is 11.8 Å². The van der Waals surface area contributed by atoms with Gasteiger partial charge in [-0.25, -0.2) is 4.79 Å². The molecular formula is C31H40ClN3O6. The van der Waals surface area contributed by atoms with Crippen LogP contribution in [-0.4, -0.2) is 75.1 Å². The van der Waals surface area contributed by atoms with Gasteiger partial charge in [0, 0.05) is 26.2 Å². The van der Waals surface area contributed by atoms with Crippen LogP contribution in [0.2, 0.25) is 0 Å². The van der Waals surface area contributed by atoms with Gasteiger partial charge >= 0.3 is 5.97 Å². The second kappa shape index (κ2) is 13.2. The lowest BCUT2D eigenvalue weighted by atomic mass is 9.78. The third-order valence-corrected chi connectivity index (χ3v) is 8.90. The highest BCUT2D eigenvalue weighted by atomic mass is 35.5. The van der Waals surface area contributed by atoms with Crippen LogP contribution in [0.1, 0.15) is 67.8 Å². The van der Waals surface area contributed by atoms with Crippen LogP contribution in [0, 0.1) is 5.92 Å². The Hall–Kier alpha value is -3.14. The van der Waals surface area contributed by atoms with E-state index < -0.39 is 23.7 Å². The largest absolute Gasteiger partial charge is 0.478 e. The van der Waals surface area contributed by atoms with Crippen LogP contribution in [0.15, 0.2) is 48.5 Å². The van der Waals surface area contributed by atoms with Gasteiger partial charge in [-0.3, -0.25) is 14.5 Å². The first-order valence-corrected chi connectivity index (χ1v) is 14.4. The fourth-order valence-corrected chi connectivity index (χ4v) is 6.58. The third kappa shape index (κ3) is 6.52. The molecule has 2 heterocycles. The number of carboxylic acids is 1. The van der Waals surface area contributed by atoms with Crippen LogP contribution in [0.4, 0.5) is 0 Å². The van der Waals surface area contributed by atoms with Crippen LogP contribution in [0.3, 0.4) is 0 Å². The van der Waals surface area contributed by atoms with Crippen molar-refractivity contribution in [1.82, 2.24) is 15.1 Å². The molecule has 0 aromatic heterocycles. The van der Waals surface area contributed by atoms with E-state index in [1.54, 1.807) is 17.0 Å². The molecule has 1 spiro atoms. The van der Waals surface area contributed by atoms with Gasteiger partial charge in [0.25, 0.3) is 0 Å². The highest BCUT2D eigenvalue weighted by Gasteiger charge is 2.54. The quantitative estimate of drug-likeness (QED) is 0.424. The summed E-state index contributed by atoms with van der Waals surface area (Å²) in [7, 11) is 0. The maximum absolute atomic E-state index is 13.5. The Balaban J connectivity index is 0.00000387. The molecule has 1 aliphatic carbocycles. The molecule has 3 fully saturated rings. The van der Waals surface area contributed by atoms with Gasteiger partial charge in [-0.1, -0.05) is 31.4 Å². The van der Waals surface area contributed by atoms with Crippen LogP contribution < -0.4 is 10.1 Å². The highest BCUT2D eigenvalue weighted by molar-refractivity contribution is 6.00. The number of aromatic carboxylic acids is 1. The van der Waals surface area contributed by atoms with Crippen molar-refractivity contribution in [2.24, 2.45) is 5.92 Å². The average Bonchev–Trinajstić information content (AvgIpc) is 2.98. The van der Waals surface area contributed by atoms with Crippen molar-refractivity contribution in [2.75, 3.05) is 19.6 Å². The Kier molecular flexibility index (Phi) is 9.94. The summed E-state index contributed by atoms with van der Waals surface area (Å²) in [5, 5.41) is 23.0. The third-order valence-electron chi connectivity index (χ3n) is 8.90. The van der Waals surface area contributed by atoms with Crippen LogP contribution in [0.25, 0.3) is 0 Å². The zero-order valence-electron chi connectivity index (χ0n) is 23.5. The standard InChI is InChI=1S/C31H39N3O6.ClH/c1-2-34-28(36)26(27(35)22-6-4-3-5-7-22)32-30(39)31(34)16-18-33(19-17-31)20-21-8-12-24(13-9-21)40-25-14-10-23(11-15-25)29(37)38;/h8-15,22,26-27,35H,2-7,16-20H2,1H3,(H,32,39)(H,37,38);1H/t26-,27-;/m1./s1. The van der Waals surface area contributed by atoms with Gasteiger partial charge in [0.05, 0.1) is 11.7 Å². The number of carbonyl (C=O) groups is 3. The lowest BCUT2D eigenvalue weighted by molar-refractivity contribution is -0.165. The summed E-state index contributed by atoms with van der Waals surface area (Å²) in [4.78, 5) is 42.1. The molecule has 0 bridgehead atoms. The fourth-order valence-electron chi connectivity index (χ4n) is 6.58. The van der Waals surface area contributed by atoms with Crippen molar-refractivity contribution < 1.29 is 29.3 Å². The maximum atomic E-state index is 13.5. The Morgan fingerprint density at radius 1 is 1.00 bits per heavy atom. The van der Waals surface area contributed by atoms with Gasteiger partial charge in [-0.15, -0.1) is 12.4 Å². The first-order chi connectivity index (χ1) is 19.3. The number of aliphatic hydroxyl groups excluding tert-OH is 1. The van der Waals surface area contributed by atoms with Crippen LogP contribution in [-0.2, 0) is 16.1 Å². The highest BCUT2D eigenvalue weighted by Crippen LogP contribution is 2.36. The monoisotopic (exact) mass is 585 g/mol. The predicted molar refractivity (Wildman–Crippen MR) is 156 cm³/mol. The Labute approximate surface area is 247 Å². The van der Waals surface area contributed by atoms with Crippen molar-refractivity contribution in [2.45, 2.75) is 76.1 Å². The number of ether oxygens (including phenoxy) is 1. The van der Waals surface area contributed by atoms with Crippen molar-refractivity contribution in [3.05, 3.63) is 59.7 Å². The number of amides is 2. The van der Waals surface area contributed by atoms with Crippen molar-refractivity contribution in [3.63, 3.8) is 0 Å². The SMILES string of the molecule is CCN1C(=O)[C@@H]([C@H](O)C2CCCCC2)NC(=O)C12CCN(Cc1ccc(Oc3ccc(C(=O)O)cc3)cc1)CC2.Cl. The molecule has 41 heavy (non-hydrogen) atoms. The molecule has 0 radical (unpaired) electrons. The van der Waals surface area contributed by atoms with E-state index in [2.05, 4.69) is 10.2 Å². The van der Waals surface area contributed by atoms with Crippen LogP contribution >= 0.6 is 12.4 Å². The molecule has 1 saturated carbocycles. The molecule has 9 nitrogen and oxygen atoms in total. The van der Waals surface area contributed by atoms with E-state index in [4.69, 9.17) is 9.84 Å². The van der Waals surface area contributed by atoms with E-state index in [9.17, 15) is 19.5 Å². The molecule has 3 aliphatic rings. The van der Waals surface area contributed by atoms with Crippen molar-refractivity contribution >= 4 is 30.2 Å². The van der Waals surface area contributed by atoms with Crippen molar-refractivity contribution in [3.8, 4) is 11.5 Å². The molecule has 222 valence electrons. The number of carboxylic acid groups (broad SMARTS) is 1. The molecule has 2 atom stereocenters. The molecule has 2 aliphatic heterocycles. The lowest BCUT2D eigenvalue weighted by Gasteiger charge is -2.52. The molecule has 2 aromatic carbocycles. The summed E-state index contributed by atoms with van der Waals surface area (Å²) >= 11 is 0. The number of hydrogen-bond acceptors (Lipinski definition) is 6. The van der Waals surface area contributed by atoms with E-state index >= 15 is 0 Å². The second-order valence-corrected chi connectivity index (χ2v) is 11.3. The Morgan fingerprint density at radius 2 is 1.59 bits per heavy atom. The lowest BCUT2D eigenvalue weighted by Crippen LogP contribution is -2.74. The van der Waals surface area contributed by atoms with Gasteiger partial charge in [-0.05, 0) is 80.5 Å². The number of piperazine rings is 1. The first kappa shape index (κ1) is 30.8. The molecule has 0 unspecified atom stereocenters. The van der Waals surface area contributed by atoms with Gasteiger partial charge in [0.1, 0.15) is 23.1 Å². The minimum atomic E-state index is -0.977. The summed E-state index contributed by atoms with van der Waals surface area (Å²) in [6.45, 7) is 4.44. The molecule has 2 amide bonds. The number of carbonyl (C=O) groups excluding carboxylic acids is 2. The Morgan fingerprint density at radius 3 is 2.15 bits per heavy atom. The van der Waals surface area contributed by atoms with E-state index in [1.807, 2.05) is 31.2 Å². The fraction of sp³-hybridized carbons (Fsp3) is 0.516. The van der Waals surface area contributed by atoms with Gasteiger partial charge in [-0.2, -0.15) is 0 Å². The molecule has 2 aromatic rings. The van der Waals surface area contributed by atoms with E-state index in [-0.39, 0.29) is 35.7 Å². The minimum absolute atomic E-state index is 0. The number of nitrogens with one attached hydrogen (secondary N) is 1. The predicted octanol–water partition coefficient (Wildman–Crippen LogP) is 4.22. The molecule has 2 saturated heterocycles. The smallest absolute Gasteiger partial charge is 0.335 e. The number of likely N-dealkylation sites (tertiary alicyclic amines) is 1. The zero-order valence-corrected chi connectivity index (χ0v) is 24.3. The Bertz CT molecular complexity index is 1210. The summed E-state index contributed by atoms with van der Waals surface area (Å²) in [6, 6.07) is 13.2. The van der Waals surface area contributed by atoms with Gasteiger partial charge in [0.15, 0.2) is 0 Å². The number of benzene rings is 2. The number of likely N-dealkylation sites (N-methyl/N-ethyl adjacent to an activating group) is 1. The molecular weight excluding hydrogens is 546 g/mol. The number of nitrogens with zero attached hydrogens (tertiary/aromatic N) is 2. The topological polar surface area (TPSA) is 119 Å². The maximum Gasteiger partial charge on any atom is 0.335 e. The number of rotatable bonds is 8. The van der Waals surface area contributed by atoms with E-state index in [1.165, 1.54) is 12.1 Å². The number of piperidine rings is 1. The number of halogens is 1. The van der Waals surface area contributed by atoms with Crippen molar-refractivity contribution in [1.29, 1.82) is 0 Å². The van der Waals surface area contributed by atoms with Crippen LogP contribution in [0.5, 0.6) is 11.5 Å². The first-order valence-electron chi connectivity index (χ1n) is 14.4. The summed E-state index contributed by atoms with van der Waals surface area (Å²) in [5.74, 6) is 0.0223. The average molecular weight is 586 g/mol.